The second-order valence-electron chi connectivity index (χ2n) is 3.12. The Morgan fingerprint density at radius 1 is 1.25 bits per heavy atom. The second kappa shape index (κ2) is 3.71. The minimum Gasteiger partial charge on any atom is -0.110 e. The van der Waals surface area contributed by atoms with Gasteiger partial charge in [-0.25, -0.2) is 0 Å². The van der Waals surface area contributed by atoms with Crippen LogP contribution in [0.4, 0.5) is 0 Å². The summed E-state index contributed by atoms with van der Waals surface area (Å²) in [6.45, 7) is 0. The Bertz CT molecular complexity index is 243. The molecule has 1 unspecified atom stereocenters. The normalized spacial score (nSPS) is 19.1. The van der Waals surface area contributed by atoms with E-state index in [-0.39, 0.29) is 4.71 Å². The van der Waals surface area contributed by atoms with Gasteiger partial charge in [-0.3, -0.25) is 0 Å². The molecular weight excluding hydrogens is 188 g/mol. The largest absolute Gasteiger partial charge is 0.110 e. The van der Waals surface area contributed by atoms with Crippen LogP contribution in [0.1, 0.15) is 12.8 Å². The van der Waals surface area contributed by atoms with Gasteiger partial charge in [0, 0.05) is 4.90 Å². The highest BCUT2D eigenvalue weighted by molar-refractivity contribution is 8.01. The molecule has 1 saturated carbocycles. The van der Waals surface area contributed by atoms with Crippen LogP contribution in [0.25, 0.3) is 0 Å². The molecule has 1 aromatic rings. The van der Waals surface area contributed by atoms with Gasteiger partial charge in [0.05, 0.1) is 4.71 Å². The van der Waals surface area contributed by atoms with E-state index in [0.717, 1.165) is 5.92 Å². The molecule has 64 valence electrons. The van der Waals surface area contributed by atoms with Gasteiger partial charge in [0.25, 0.3) is 0 Å². The van der Waals surface area contributed by atoms with Crippen LogP contribution >= 0.6 is 23.4 Å². The van der Waals surface area contributed by atoms with Gasteiger partial charge in [-0.05, 0) is 30.9 Å². The molecule has 0 nitrogen and oxygen atoms in total. The maximum atomic E-state index is 6.18. The fourth-order valence-corrected chi connectivity index (χ4v) is 2.68. The Balaban J connectivity index is 1.94. The summed E-state index contributed by atoms with van der Waals surface area (Å²) in [5, 5.41) is 0. The van der Waals surface area contributed by atoms with Crippen molar-refractivity contribution in [3.8, 4) is 0 Å². The van der Waals surface area contributed by atoms with Crippen LogP contribution in [0.2, 0.25) is 0 Å². The topological polar surface area (TPSA) is 0 Å². The molecule has 1 aliphatic carbocycles. The predicted octanol–water partition coefficient (Wildman–Crippen LogP) is 3.75. The molecule has 0 aliphatic heterocycles. The number of hydrogen-bond donors (Lipinski definition) is 0. The molecule has 1 atom stereocenters. The third-order valence-electron chi connectivity index (χ3n) is 1.98. The van der Waals surface area contributed by atoms with E-state index >= 15 is 0 Å². The van der Waals surface area contributed by atoms with Crippen LogP contribution < -0.4 is 0 Å². The number of benzene rings is 1. The van der Waals surface area contributed by atoms with Crippen LogP contribution in [-0.2, 0) is 0 Å². The van der Waals surface area contributed by atoms with E-state index in [4.69, 9.17) is 11.6 Å². The molecule has 1 aliphatic rings. The fourth-order valence-electron chi connectivity index (χ4n) is 1.08. The average Bonchev–Trinajstić information content (AvgIpc) is 2.88. The van der Waals surface area contributed by atoms with E-state index in [2.05, 4.69) is 24.3 Å². The molecular formula is C10H11ClS. The quantitative estimate of drug-likeness (QED) is 0.527. The molecule has 2 rings (SSSR count). The van der Waals surface area contributed by atoms with E-state index in [9.17, 15) is 0 Å². The third kappa shape index (κ3) is 2.18. The van der Waals surface area contributed by atoms with Crippen LogP contribution in [0.3, 0.4) is 0 Å². The van der Waals surface area contributed by atoms with E-state index in [1.54, 1.807) is 11.8 Å². The van der Waals surface area contributed by atoms with E-state index < -0.39 is 0 Å². The number of alkyl halides is 1. The summed E-state index contributed by atoms with van der Waals surface area (Å²) in [6, 6.07) is 10.4. The summed E-state index contributed by atoms with van der Waals surface area (Å²) in [4.78, 5) is 1.28. The average molecular weight is 199 g/mol. The van der Waals surface area contributed by atoms with Crippen molar-refractivity contribution in [2.45, 2.75) is 22.4 Å². The predicted molar refractivity (Wildman–Crippen MR) is 54.7 cm³/mol. The molecule has 0 spiro atoms. The van der Waals surface area contributed by atoms with Gasteiger partial charge in [-0.1, -0.05) is 18.2 Å². The molecule has 0 bridgehead atoms. The van der Waals surface area contributed by atoms with Gasteiger partial charge in [0.15, 0.2) is 0 Å². The Hall–Kier alpha value is -0.140. The lowest BCUT2D eigenvalue weighted by Gasteiger charge is -2.06. The zero-order valence-electron chi connectivity index (χ0n) is 6.74. The molecule has 0 saturated heterocycles. The summed E-state index contributed by atoms with van der Waals surface area (Å²) >= 11 is 7.96. The standard InChI is InChI=1S/C10H11ClS/c11-10(8-6-7-8)12-9-4-2-1-3-5-9/h1-5,8,10H,6-7H2. The van der Waals surface area contributed by atoms with Crippen molar-refractivity contribution in [2.75, 3.05) is 0 Å². The van der Waals surface area contributed by atoms with Crippen molar-refractivity contribution in [3.05, 3.63) is 30.3 Å². The van der Waals surface area contributed by atoms with E-state index in [0.29, 0.717) is 0 Å². The van der Waals surface area contributed by atoms with Gasteiger partial charge < -0.3 is 0 Å². The molecule has 2 heteroatoms. The monoisotopic (exact) mass is 198 g/mol. The van der Waals surface area contributed by atoms with Gasteiger partial charge in [-0.15, -0.1) is 23.4 Å². The Kier molecular flexibility index (Phi) is 2.62. The van der Waals surface area contributed by atoms with E-state index in [1.165, 1.54) is 17.7 Å². The van der Waals surface area contributed by atoms with Gasteiger partial charge in [0.1, 0.15) is 0 Å². The molecule has 0 heterocycles. The smallest absolute Gasteiger partial charge is 0.0863 e. The molecule has 0 amide bonds. The first-order chi connectivity index (χ1) is 5.86. The zero-order chi connectivity index (χ0) is 8.39. The van der Waals surface area contributed by atoms with Gasteiger partial charge >= 0.3 is 0 Å². The highest BCUT2D eigenvalue weighted by Crippen LogP contribution is 2.43. The molecule has 1 fully saturated rings. The van der Waals surface area contributed by atoms with Crippen molar-refractivity contribution in [2.24, 2.45) is 5.92 Å². The van der Waals surface area contributed by atoms with Gasteiger partial charge in [0.2, 0.25) is 0 Å². The minimum atomic E-state index is 0.285. The number of rotatable bonds is 3. The summed E-state index contributed by atoms with van der Waals surface area (Å²) < 4.78 is 0.285. The summed E-state index contributed by atoms with van der Waals surface area (Å²) in [5.41, 5.74) is 0. The molecule has 0 N–H and O–H groups in total. The van der Waals surface area contributed by atoms with Crippen molar-refractivity contribution in [3.63, 3.8) is 0 Å². The van der Waals surface area contributed by atoms with Crippen LogP contribution in [0, 0.1) is 5.92 Å². The first kappa shape index (κ1) is 8.46. The molecule has 12 heavy (non-hydrogen) atoms. The summed E-state index contributed by atoms with van der Waals surface area (Å²) in [5.74, 6) is 0.761. The number of halogens is 1. The van der Waals surface area contributed by atoms with Crippen molar-refractivity contribution in [1.82, 2.24) is 0 Å². The van der Waals surface area contributed by atoms with Gasteiger partial charge in [-0.2, -0.15) is 0 Å². The first-order valence-electron chi connectivity index (χ1n) is 4.22. The number of thioether (sulfide) groups is 1. The summed E-state index contributed by atoms with van der Waals surface area (Å²) in [7, 11) is 0. The summed E-state index contributed by atoms with van der Waals surface area (Å²) in [6.07, 6.45) is 2.63. The van der Waals surface area contributed by atoms with Crippen molar-refractivity contribution in [1.29, 1.82) is 0 Å². The van der Waals surface area contributed by atoms with Crippen LogP contribution in [0.15, 0.2) is 35.2 Å². The second-order valence-corrected chi connectivity index (χ2v) is 5.06. The Morgan fingerprint density at radius 2 is 1.92 bits per heavy atom. The molecule has 0 radical (unpaired) electrons. The minimum absolute atomic E-state index is 0.285. The van der Waals surface area contributed by atoms with Crippen molar-refractivity contribution >= 4 is 23.4 Å². The highest BCUT2D eigenvalue weighted by Gasteiger charge is 2.30. The fraction of sp³-hybridized carbons (Fsp3) is 0.400. The van der Waals surface area contributed by atoms with Crippen LogP contribution in [-0.4, -0.2) is 4.71 Å². The Labute approximate surface area is 82.3 Å². The number of hydrogen-bond acceptors (Lipinski definition) is 1. The zero-order valence-corrected chi connectivity index (χ0v) is 8.31. The maximum absolute atomic E-state index is 6.18. The lowest BCUT2D eigenvalue weighted by molar-refractivity contribution is 0.943. The van der Waals surface area contributed by atoms with Crippen LogP contribution in [0.5, 0.6) is 0 Å². The highest BCUT2D eigenvalue weighted by atomic mass is 35.5. The maximum Gasteiger partial charge on any atom is 0.0863 e. The SMILES string of the molecule is ClC(Sc1ccccc1)C1CC1. The lowest BCUT2D eigenvalue weighted by atomic mass is 10.4. The first-order valence-corrected chi connectivity index (χ1v) is 5.53. The van der Waals surface area contributed by atoms with Crippen molar-refractivity contribution < 1.29 is 0 Å². The van der Waals surface area contributed by atoms with E-state index in [1.807, 2.05) is 6.07 Å². The Morgan fingerprint density at radius 3 is 2.50 bits per heavy atom. The molecule has 0 aromatic heterocycles. The molecule has 1 aromatic carbocycles. The third-order valence-corrected chi connectivity index (χ3v) is 3.76. The lowest BCUT2D eigenvalue weighted by Crippen LogP contribution is -1.93.